The topological polar surface area (TPSA) is 85.2 Å². The second kappa shape index (κ2) is 7.29. The fraction of sp³-hybridized carbons (Fsp3) is 0.150. The third-order valence-electron chi connectivity index (χ3n) is 4.30. The van der Waals surface area contributed by atoms with E-state index in [1.54, 1.807) is 23.0 Å². The highest BCUT2D eigenvalue weighted by Crippen LogP contribution is 2.26. The van der Waals surface area contributed by atoms with E-state index in [2.05, 4.69) is 71.3 Å². The molecule has 138 valence electrons. The molecule has 28 heavy (non-hydrogen) atoms. The van der Waals surface area contributed by atoms with Gasteiger partial charge in [0, 0.05) is 0 Å². The third-order valence-corrected chi connectivity index (χ3v) is 4.73. The van der Waals surface area contributed by atoms with Crippen molar-refractivity contribution in [3.05, 3.63) is 70.9 Å². The summed E-state index contributed by atoms with van der Waals surface area (Å²) in [6, 6.07) is 15.6. The zero-order chi connectivity index (χ0) is 19.7. The van der Waals surface area contributed by atoms with Gasteiger partial charge in [-0.15, -0.1) is 22.8 Å². The molecule has 0 bridgehead atoms. The Labute approximate surface area is 167 Å². The Hall–Kier alpha value is -3.44. The van der Waals surface area contributed by atoms with Crippen molar-refractivity contribution in [2.75, 3.05) is 0 Å². The average Bonchev–Trinajstić information content (AvgIpc) is 3.28. The van der Waals surface area contributed by atoms with E-state index in [9.17, 15) is 0 Å². The van der Waals surface area contributed by atoms with Gasteiger partial charge in [0.2, 0.25) is 5.82 Å². The number of aromatic nitrogens is 6. The molecule has 7 nitrogen and oxygen atoms in total. The number of nitriles is 1. The first kappa shape index (κ1) is 17.9. The Kier molecular flexibility index (Phi) is 4.67. The molecule has 4 aromatic rings. The summed E-state index contributed by atoms with van der Waals surface area (Å²) >= 11 is 4.64. The molecule has 0 aliphatic heterocycles. The van der Waals surface area contributed by atoms with E-state index in [4.69, 9.17) is 5.26 Å². The van der Waals surface area contributed by atoms with Crippen molar-refractivity contribution < 1.29 is 0 Å². The first-order valence-corrected chi connectivity index (χ1v) is 9.11. The summed E-state index contributed by atoms with van der Waals surface area (Å²) in [6.45, 7) is 4.57. The highest BCUT2D eigenvalue weighted by atomic mass is 32.1. The fourth-order valence-electron chi connectivity index (χ4n) is 3.03. The molecule has 0 aliphatic rings. The van der Waals surface area contributed by atoms with E-state index in [0.29, 0.717) is 28.5 Å². The van der Waals surface area contributed by atoms with Gasteiger partial charge in [-0.3, -0.25) is 0 Å². The summed E-state index contributed by atoms with van der Waals surface area (Å²) in [4.78, 5) is 1.51. The molecule has 0 radical (unpaired) electrons. The molecule has 0 amide bonds. The van der Waals surface area contributed by atoms with Crippen LogP contribution in [-0.4, -0.2) is 30.0 Å². The van der Waals surface area contributed by atoms with Crippen molar-refractivity contribution in [3.8, 4) is 23.1 Å². The van der Waals surface area contributed by atoms with Crippen LogP contribution in [0.15, 0.2) is 53.7 Å². The quantitative estimate of drug-likeness (QED) is 0.543. The maximum atomic E-state index is 8.88. The molecule has 0 atom stereocenters. The van der Waals surface area contributed by atoms with Crippen molar-refractivity contribution in [1.82, 2.24) is 30.0 Å². The number of aryl methyl sites for hydroxylation is 2. The lowest BCUT2D eigenvalue weighted by molar-refractivity contribution is 0.573. The van der Waals surface area contributed by atoms with Crippen LogP contribution in [0.25, 0.3) is 17.1 Å². The Bertz CT molecular complexity index is 1160. The van der Waals surface area contributed by atoms with Gasteiger partial charge in [-0.05, 0) is 60.0 Å². The lowest BCUT2D eigenvalue weighted by Gasteiger charge is -2.07. The van der Waals surface area contributed by atoms with Gasteiger partial charge in [0.25, 0.3) is 0 Å². The molecule has 0 aliphatic carbocycles. The minimum Gasteiger partial charge on any atom is -0.227 e. The zero-order valence-corrected chi connectivity index (χ0v) is 16.3. The molecule has 2 heterocycles. The Morgan fingerprint density at radius 1 is 1.07 bits per heavy atom. The third kappa shape index (κ3) is 3.52. The van der Waals surface area contributed by atoms with Gasteiger partial charge in [-0.2, -0.15) is 15.2 Å². The SMILES string of the molecule is Cc1cc(C)cc(-n2ncc(-c3nnn(Cc4ccc(C#N)cc4)n3)c2S)c1. The molecule has 2 aromatic carbocycles. The molecular weight excluding hydrogens is 370 g/mol. The van der Waals surface area contributed by atoms with Crippen LogP contribution in [0.1, 0.15) is 22.3 Å². The molecule has 4 rings (SSSR count). The van der Waals surface area contributed by atoms with Crippen molar-refractivity contribution in [2.45, 2.75) is 25.4 Å². The summed E-state index contributed by atoms with van der Waals surface area (Å²) in [5.74, 6) is 0.467. The Balaban J connectivity index is 1.60. The average molecular weight is 387 g/mol. The molecule has 0 N–H and O–H groups in total. The van der Waals surface area contributed by atoms with Crippen molar-refractivity contribution >= 4 is 12.6 Å². The fourth-order valence-corrected chi connectivity index (χ4v) is 3.35. The van der Waals surface area contributed by atoms with Crippen molar-refractivity contribution in [1.29, 1.82) is 5.26 Å². The van der Waals surface area contributed by atoms with Gasteiger partial charge in [0.1, 0.15) is 5.03 Å². The number of hydrogen-bond acceptors (Lipinski definition) is 6. The molecular formula is C20H17N7S. The maximum absolute atomic E-state index is 8.88. The second-order valence-electron chi connectivity index (χ2n) is 6.59. The largest absolute Gasteiger partial charge is 0.227 e. The summed E-state index contributed by atoms with van der Waals surface area (Å²) in [6.07, 6.45) is 1.70. The van der Waals surface area contributed by atoms with Gasteiger partial charge in [0.15, 0.2) is 0 Å². The number of hydrogen-bond donors (Lipinski definition) is 1. The minimum absolute atomic E-state index is 0.464. The molecule has 8 heteroatoms. The zero-order valence-electron chi connectivity index (χ0n) is 15.4. The predicted molar refractivity (Wildman–Crippen MR) is 107 cm³/mol. The summed E-state index contributed by atoms with van der Waals surface area (Å²) in [5.41, 5.74) is 5.58. The molecule has 0 saturated heterocycles. The standard InChI is InChI=1S/C20H17N7S/c1-13-7-14(2)9-17(8-13)27-20(28)18(11-22-27)19-23-25-26(24-19)12-16-5-3-15(10-21)4-6-16/h3-9,11,28H,12H2,1-2H3. The number of benzene rings is 2. The molecule has 0 spiro atoms. The van der Waals surface area contributed by atoms with Crippen LogP contribution in [0, 0.1) is 25.2 Å². The van der Waals surface area contributed by atoms with Crippen LogP contribution in [-0.2, 0) is 6.54 Å². The van der Waals surface area contributed by atoms with E-state index in [1.807, 2.05) is 12.1 Å². The molecule has 2 aromatic heterocycles. The van der Waals surface area contributed by atoms with Crippen LogP contribution >= 0.6 is 12.6 Å². The summed E-state index contributed by atoms with van der Waals surface area (Å²) in [5, 5.41) is 26.7. The number of nitrogens with zero attached hydrogens (tertiary/aromatic N) is 7. The van der Waals surface area contributed by atoms with Crippen LogP contribution < -0.4 is 0 Å². The second-order valence-corrected chi connectivity index (χ2v) is 7.02. The van der Waals surface area contributed by atoms with E-state index < -0.39 is 0 Å². The van der Waals surface area contributed by atoms with Crippen LogP contribution in [0.3, 0.4) is 0 Å². The first-order chi connectivity index (χ1) is 13.5. The van der Waals surface area contributed by atoms with Gasteiger partial charge in [-0.25, -0.2) is 4.68 Å². The van der Waals surface area contributed by atoms with Crippen molar-refractivity contribution in [3.63, 3.8) is 0 Å². The monoisotopic (exact) mass is 387 g/mol. The van der Waals surface area contributed by atoms with Gasteiger partial charge >= 0.3 is 0 Å². The summed E-state index contributed by atoms with van der Waals surface area (Å²) < 4.78 is 1.76. The summed E-state index contributed by atoms with van der Waals surface area (Å²) in [7, 11) is 0. The number of tetrazole rings is 1. The Morgan fingerprint density at radius 2 is 1.79 bits per heavy atom. The van der Waals surface area contributed by atoms with Gasteiger partial charge in [0.05, 0.1) is 35.6 Å². The highest BCUT2D eigenvalue weighted by Gasteiger charge is 2.16. The van der Waals surface area contributed by atoms with Crippen molar-refractivity contribution in [2.24, 2.45) is 0 Å². The Morgan fingerprint density at radius 3 is 2.46 bits per heavy atom. The van der Waals surface area contributed by atoms with Crippen LogP contribution in [0.4, 0.5) is 0 Å². The first-order valence-electron chi connectivity index (χ1n) is 8.66. The number of thiol groups is 1. The van der Waals surface area contributed by atoms with E-state index in [1.165, 1.54) is 4.80 Å². The van der Waals surface area contributed by atoms with Gasteiger partial charge in [-0.1, -0.05) is 18.2 Å². The predicted octanol–water partition coefficient (Wildman–Crippen LogP) is 3.35. The maximum Gasteiger partial charge on any atom is 0.209 e. The van der Waals surface area contributed by atoms with Crippen LogP contribution in [0.2, 0.25) is 0 Å². The van der Waals surface area contributed by atoms with E-state index in [-0.39, 0.29) is 0 Å². The van der Waals surface area contributed by atoms with E-state index in [0.717, 1.165) is 22.4 Å². The van der Waals surface area contributed by atoms with Crippen LogP contribution in [0.5, 0.6) is 0 Å². The lowest BCUT2D eigenvalue weighted by Crippen LogP contribution is -2.04. The highest BCUT2D eigenvalue weighted by molar-refractivity contribution is 7.80. The minimum atomic E-state index is 0.464. The molecule has 0 fully saturated rings. The molecule has 0 unspecified atom stereocenters. The molecule has 0 saturated carbocycles. The number of rotatable bonds is 4. The smallest absolute Gasteiger partial charge is 0.209 e. The van der Waals surface area contributed by atoms with Gasteiger partial charge < -0.3 is 0 Å². The normalized spacial score (nSPS) is 10.8. The van der Waals surface area contributed by atoms with E-state index >= 15 is 0 Å². The lowest BCUT2D eigenvalue weighted by atomic mass is 10.1.